The summed E-state index contributed by atoms with van der Waals surface area (Å²) in [7, 11) is 0. The Labute approximate surface area is 351 Å². The van der Waals surface area contributed by atoms with Crippen molar-refractivity contribution in [1.82, 2.24) is 4.90 Å². The third-order valence-electron chi connectivity index (χ3n) is 10.0. The Morgan fingerprint density at radius 3 is 1.40 bits per heavy atom. The average Bonchev–Trinajstić information content (AvgIpc) is 3.30. The van der Waals surface area contributed by atoms with Gasteiger partial charge >= 0.3 is 5.69 Å². The van der Waals surface area contributed by atoms with E-state index in [1.807, 2.05) is 133 Å². The van der Waals surface area contributed by atoms with Crippen molar-refractivity contribution >= 4 is 5.69 Å². The van der Waals surface area contributed by atoms with E-state index < -0.39 is 11.0 Å². The van der Waals surface area contributed by atoms with Gasteiger partial charge in [0.15, 0.2) is 5.75 Å². The monoisotopic (exact) mass is 800 g/mol. The highest BCUT2D eigenvalue weighted by atomic mass is 16.6. The molecule has 0 bridgehead atoms. The fraction of sp³-hybridized carbons (Fsp3) is 0.176. The summed E-state index contributed by atoms with van der Waals surface area (Å²) >= 11 is 0. The highest BCUT2D eigenvalue weighted by Gasteiger charge is 2.23. The first-order valence-electron chi connectivity index (χ1n) is 20.0. The van der Waals surface area contributed by atoms with E-state index in [9.17, 15) is 15.2 Å². The maximum atomic E-state index is 12.0. The normalized spacial score (nSPS) is 11.6. The molecule has 0 heterocycles. The third kappa shape index (κ3) is 12.3. The van der Waals surface area contributed by atoms with E-state index in [-0.39, 0.29) is 42.9 Å². The molecule has 0 aromatic heterocycles. The molecule has 7 aromatic rings. The Balaban J connectivity index is 1.08. The smallest absolute Gasteiger partial charge is 0.314 e. The Kier molecular flexibility index (Phi) is 14.6. The van der Waals surface area contributed by atoms with Crippen molar-refractivity contribution in [2.45, 2.75) is 38.4 Å². The van der Waals surface area contributed by atoms with E-state index in [4.69, 9.17) is 18.9 Å². The third-order valence-corrected chi connectivity index (χ3v) is 10.0. The van der Waals surface area contributed by atoms with E-state index >= 15 is 0 Å². The summed E-state index contributed by atoms with van der Waals surface area (Å²) in [6.45, 7) is 2.48. The van der Waals surface area contributed by atoms with Gasteiger partial charge < -0.3 is 24.1 Å². The van der Waals surface area contributed by atoms with Crippen molar-refractivity contribution in [3.63, 3.8) is 0 Å². The zero-order valence-electron chi connectivity index (χ0n) is 33.3. The van der Waals surface area contributed by atoms with E-state index in [2.05, 4.69) is 41.3 Å². The molecular weight excluding hydrogens is 753 g/mol. The van der Waals surface area contributed by atoms with Crippen LogP contribution in [0.3, 0.4) is 0 Å². The standard InChI is InChI=1S/C51H48N2O7/c54-45(38-59-48-29-30-51(50(31-48)53(55)56)60-37-42-19-11-4-12-20-42)33-52(32-39-13-5-1-6-14-39)34-49(43-21-25-46(26-22-43)57-35-40-15-7-2-8-16-40)44-23-27-47(28-24-44)58-36-41-17-9-3-10-18-41/h1-31,45,49,54H,32-38H2/t45-/m0/s1. The first-order chi connectivity index (χ1) is 29.4. The molecule has 0 saturated carbocycles. The van der Waals surface area contributed by atoms with Gasteiger partial charge in [0.05, 0.1) is 11.0 Å². The van der Waals surface area contributed by atoms with E-state index in [1.165, 1.54) is 12.1 Å². The number of aliphatic hydroxyl groups excluding tert-OH is 1. The number of nitrogens with zero attached hydrogens (tertiary/aromatic N) is 2. The quantitative estimate of drug-likeness (QED) is 0.0566. The highest BCUT2D eigenvalue weighted by Crippen LogP contribution is 2.33. The lowest BCUT2D eigenvalue weighted by atomic mass is 9.90. The minimum absolute atomic E-state index is 0.0712. The summed E-state index contributed by atoms with van der Waals surface area (Å²) < 4.78 is 24.0. The van der Waals surface area contributed by atoms with Crippen LogP contribution < -0.4 is 18.9 Å². The molecule has 9 nitrogen and oxygen atoms in total. The van der Waals surface area contributed by atoms with Gasteiger partial charge in [0, 0.05) is 25.6 Å². The second kappa shape index (κ2) is 21.2. The van der Waals surface area contributed by atoms with Crippen molar-refractivity contribution in [1.29, 1.82) is 0 Å². The van der Waals surface area contributed by atoms with Gasteiger partial charge in [-0.2, -0.15) is 0 Å². The van der Waals surface area contributed by atoms with E-state index in [0.29, 0.717) is 26.3 Å². The molecule has 0 aliphatic heterocycles. The Morgan fingerprint density at radius 1 is 0.500 bits per heavy atom. The maximum absolute atomic E-state index is 12.0. The number of hydrogen-bond donors (Lipinski definition) is 1. The topological polar surface area (TPSA) is 104 Å². The molecule has 0 unspecified atom stereocenters. The predicted molar refractivity (Wildman–Crippen MR) is 233 cm³/mol. The molecule has 7 rings (SSSR count). The number of hydrogen-bond acceptors (Lipinski definition) is 8. The molecule has 0 amide bonds. The number of ether oxygens (including phenoxy) is 4. The van der Waals surface area contributed by atoms with Gasteiger partial charge in [-0.05, 0) is 69.8 Å². The number of aliphatic hydroxyl groups is 1. The van der Waals surface area contributed by atoms with E-state index in [1.54, 1.807) is 6.07 Å². The number of nitro benzene ring substituents is 1. The van der Waals surface area contributed by atoms with Crippen LogP contribution in [0.15, 0.2) is 188 Å². The number of rotatable bonds is 21. The van der Waals surface area contributed by atoms with Crippen molar-refractivity contribution in [2.24, 2.45) is 0 Å². The molecule has 304 valence electrons. The molecule has 1 atom stereocenters. The molecule has 9 heteroatoms. The molecule has 60 heavy (non-hydrogen) atoms. The summed E-state index contributed by atoms with van der Waals surface area (Å²) in [4.78, 5) is 13.7. The Hall–Kier alpha value is -6.94. The predicted octanol–water partition coefficient (Wildman–Crippen LogP) is 10.4. The van der Waals surface area contributed by atoms with Crippen LogP contribution in [-0.4, -0.2) is 40.7 Å². The first kappa shape index (κ1) is 41.2. The van der Waals surface area contributed by atoms with Crippen LogP contribution in [0.2, 0.25) is 0 Å². The Morgan fingerprint density at radius 2 is 0.933 bits per heavy atom. The average molecular weight is 801 g/mol. The lowest BCUT2D eigenvalue weighted by Gasteiger charge is -2.30. The van der Waals surface area contributed by atoms with Crippen molar-refractivity contribution < 1.29 is 29.0 Å². The summed E-state index contributed by atoms with van der Waals surface area (Å²) in [5.41, 5.74) is 6.15. The molecule has 1 N–H and O–H groups in total. The van der Waals surface area contributed by atoms with Crippen molar-refractivity contribution in [3.8, 4) is 23.0 Å². The van der Waals surface area contributed by atoms with Gasteiger partial charge in [0.2, 0.25) is 0 Å². The largest absolute Gasteiger partial charge is 0.491 e. The Bertz CT molecular complexity index is 2260. The van der Waals surface area contributed by atoms with Crippen LogP contribution in [0.1, 0.15) is 39.3 Å². The second-order valence-electron chi connectivity index (χ2n) is 14.5. The molecule has 0 aliphatic carbocycles. The molecule has 0 spiro atoms. The fourth-order valence-corrected chi connectivity index (χ4v) is 6.91. The zero-order valence-corrected chi connectivity index (χ0v) is 33.3. The summed E-state index contributed by atoms with van der Waals surface area (Å²) in [6.07, 6.45) is -0.912. The zero-order chi connectivity index (χ0) is 41.4. The van der Waals surface area contributed by atoms with Crippen molar-refractivity contribution in [3.05, 3.63) is 232 Å². The molecule has 0 aliphatic rings. The summed E-state index contributed by atoms with van der Waals surface area (Å²) in [5, 5.41) is 23.5. The van der Waals surface area contributed by atoms with Crippen molar-refractivity contribution in [2.75, 3.05) is 19.7 Å². The SMILES string of the molecule is O=[N+]([O-])c1cc(OC[C@@H](O)CN(Cc2ccccc2)CC(c2ccc(OCc3ccccc3)cc2)c2ccc(OCc3ccccc3)cc2)ccc1OCc1ccccc1. The van der Waals surface area contributed by atoms with E-state index in [0.717, 1.165) is 44.9 Å². The molecule has 7 aromatic carbocycles. The van der Waals surface area contributed by atoms with Gasteiger partial charge in [0.1, 0.15) is 49.8 Å². The van der Waals surface area contributed by atoms with Gasteiger partial charge in [-0.3, -0.25) is 15.0 Å². The molecular formula is C51H48N2O7. The van der Waals surface area contributed by atoms with Crippen LogP contribution in [0.4, 0.5) is 5.69 Å². The number of nitro groups is 1. The second-order valence-corrected chi connectivity index (χ2v) is 14.5. The summed E-state index contributed by atoms with van der Waals surface area (Å²) in [6, 6.07) is 60.7. The van der Waals surface area contributed by atoms with Gasteiger partial charge in [-0.15, -0.1) is 0 Å². The van der Waals surface area contributed by atoms with Gasteiger partial charge in [-0.25, -0.2) is 0 Å². The number of benzene rings is 7. The van der Waals surface area contributed by atoms with Crippen LogP contribution in [0.5, 0.6) is 23.0 Å². The fourth-order valence-electron chi connectivity index (χ4n) is 6.91. The molecule has 0 saturated heterocycles. The highest BCUT2D eigenvalue weighted by molar-refractivity contribution is 5.51. The van der Waals surface area contributed by atoms with Gasteiger partial charge in [-0.1, -0.05) is 146 Å². The van der Waals surface area contributed by atoms with Crippen LogP contribution in [-0.2, 0) is 26.4 Å². The van der Waals surface area contributed by atoms with Crippen LogP contribution in [0.25, 0.3) is 0 Å². The minimum Gasteiger partial charge on any atom is -0.491 e. The minimum atomic E-state index is -0.912. The molecule has 0 radical (unpaired) electrons. The lowest BCUT2D eigenvalue weighted by molar-refractivity contribution is -0.386. The summed E-state index contributed by atoms with van der Waals surface area (Å²) in [5.74, 6) is 1.87. The van der Waals surface area contributed by atoms with Gasteiger partial charge in [0.25, 0.3) is 0 Å². The first-order valence-corrected chi connectivity index (χ1v) is 20.0. The molecule has 0 fully saturated rings. The van der Waals surface area contributed by atoms with Crippen LogP contribution >= 0.6 is 0 Å². The lowest BCUT2D eigenvalue weighted by Crippen LogP contribution is -2.38. The van der Waals surface area contributed by atoms with Crippen LogP contribution in [0, 0.1) is 10.1 Å². The maximum Gasteiger partial charge on any atom is 0.314 e.